The van der Waals surface area contributed by atoms with E-state index < -0.39 is 5.63 Å². The summed E-state index contributed by atoms with van der Waals surface area (Å²) < 4.78 is 15.8. The fourth-order valence-electron chi connectivity index (χ4n) is 3.36. The zero-order valence-electron chi connectivity index (χ0n) is 15.7. The number of ether oxygens (including phenoxy) is 2. The summed E-state index contributed by atoms with van der Waals surface area (Å²) in [6.45, 7) is 7.12. The second-order valence-electron chi connectivity index (χ2n) is 6.68. The van der Waals surface area contributed by atoms with Gasteiger partial charge in [-0.1, -0.05) is 0 Å². The predicted molar refractivity (Wildman–Crippen MR) is 99.9 cm³/mol. The number of carbonyl (C=O) groups excluding carboxylic acids is 1. The van der Waals surface area contributed by atoms with Crippen molar-refractivity contribution >= 4 is 16.9 Å². The molecule has 146 valence electrons. The third-order valence-electron chi connectivity index (χ3n) is 4.78. The van der Waals surface area contributed by atoms with Gasteiger partial charge < -0.3 is 19.0 Å². The molecule has 0 bridgehead atoms. The number of carbonyl (C=O) groups is 1. The van der Waals surface area contributed by atoms with E-state index in [0.717, 1.165) is 24.0 Å². The Morgan fingerprint density at radius 3 is 2.74 bits per heavy atom. The first kappa shape index (κ1) is 19.4. The molecule has 7 heteroatoms. The van der Waals surface area contributed by atoms with Crippen LogP contribution in [0.4, 0.5) is 0 Å². The van der Waals surface area contributed by atoms with E-state index in [1.807, 2.05) is 6.92 Å². The summed E-state index contributed by atoms with van der Waals surface area (Å²) in [6.07, 6.45) is 0.537. The van der Waals surface area contributed by atoms with Gasteiger partial charge in [-0.15, -0.1) is 0 Å². The summed E-state index contributed by atoms with van der Waals surface area (Å²) >= 11 is 0. The van der Waals surface area contributed by atoms with E-state index in [4.69, 9.17) is 13.9 Å². The second-order valence-corrected chi connectivity index (χ2v) is 6.68. The van der Waals surface area contributed by atoms with Gasteiger partial charge >= 0.3 is 11.6 Å². The highest BCUT2D eigenvalue weighted by atomic mass is 16.5. The molecule has 1 saturated heterocycles. The standard InChI is InChI=1S/C20H25NO6/c1-3-26-17(22)5-4-14-11-15-13(2)10-18(23)27-20(15)16(19(14)24)12-21-6-8-25-9-7-21/h10-11,24H,3-9,12H2,1-2H3. The summed E-state index contributed by atoms with van der Waals surface area (Å²) in [5.41, 5.74) is 1.97. The number of esters is 1. The van der Waals surface area contributed by atoms with Gasteiger partial charge in [0.1, 0.15) is 11.3 Å². The Morgan fingerprint density at radius 2 is 2.04 bits per heavy atom. The molecular formula is C20H25NO6. The lowest BCUT2D eigenvalue weighted by Gasteiger charge is -2.27. The lowest BCUT2D eigenvalue weighted by molar-refractivity contribution is -0.143. The molecule has 2 heterocycles. The number of aryl methyl sites for hydroxylation is 2. The highest BCUT2D eigenvalue weighted by Crippen LogP contribution is 2.34. The molecule has 1 aliphatic rings. The highest BCUT2D eigenvalue weighted by molar-refractivity contribution is 5.86. The maximum absolute atomic E-state index is 11.9. The van der Waals surface area contributed by atoms with Crippen LogP contribution < -0.4 is 5.63 Å². The number of nitrogens with zero attached hydrogens (tertiary/aromatic N) is 1. The van der Waals surface area contributed by atoms with E-state index in [0.29, 0.717) is 49.5 Å². The molecule has 27 heavy (non-hydrogen) atoms. The number of hydrogen-bond donors (Lipinski definition) is 1. The third-order valence-corrected chi connectivity index (χ3v) is 4.78. The Morgan fingerprint density at radius 1 is 1.30 bits per heavy atom. The number of aromatic hydroxyl groups is 1. The van der Waals surface area contributed by atoms with E-state index in [2.05, 4.69) is 4.90 Å². The van der Waals surface area contributed by atoms with Gasteiger partial charge in [-0.3, -0.25) is 9.69 Å². The first-order valence-electron chi connectivity index (χ1n) is 9.23. The Labute approximate surface area is 157 Å². The Kier molecular flexibility index (Phi) is 6.13. The molecule has 1 N–H and O–H groups in total. The predicted octanol–water partition coefficient (Wildman–Crippen LogP) is 2.13. The normalized spacial score (nSPS) is 15.2. The zero-order valence-corrected chi connectivity index (χ0v) is 15.7. The van der Waals surface area contributed by atoms with Gasteiger partial charge in [-0.25, -0.2) is 4.79 Å². The summed E-state index contributed by atoms with van der Waals surface area (Å²) in [7, 11) is 0. The van der Waals surface area contributed by atoms with Gasteiger partial charge in [0, 0.05) is 37.5 Å². The fourth-order valence-corrected chi connectivity index (χ4v) is 3.36. The van der Waals surface area contributed by atoms with Crippen molar-refractivity contribution in [1.29, 1.82) is 0 Å². The van der Waals surface area contributed by atoms with E-state index in [-0.39, 0.29) is 18.1 Å². The molecular weight excluding hydrogens is 350 g/mol. The monoisotopic (exact) mass is 375 g/mol. The maximum atomic E-state index is 11.9. The summed E-state index contributed by atoms with van der Waals surface area (Å²) in [6, 6.07) is 3.23. The molecule has 1 aromatic heterocycles. The summed E-state index contributed by atoms with van der Waals surface area (Å²) in [5.74, 6) is -0.227. The number of morpholine rings is 1. The van der Waals surface area contributed by atoms with Gasteiger partial charge in [0.25, 0.3) is 0 Å². The molecule has 1 fully saturated rings. The Bertz CT molecular complexity index is 882. The summed E-state index contributed by atoms with van der Waals surface area (Å²) in [5, 5.41) is 11.6. The van der Waals surface area contributed by atoms with E-state index in [1.165, 1.54) is 6.07 Å². The zero-order chi connectivity index (χ0) is 19.4. The van der Waals surface area contributed by atoms with Gasteiger partial charge in [0.15, 0.2) is 0 Å². The van der Waals surface area contributed by atoms with Gasteiger partial charge in [0.05, 0.1) is 25.4 Å². The Hall–Kier alpha value is -2.38. The van der Waals surface area contributed by atoms with Crippen LogP contribution in [0.3, 0.4) is 0 Å². The lowest BCUT2D eigenvalue weighted by Crippen LogP contribution is -2.35. The number of phenolic OH excluding ortho intramolecular Hbond substituents is 1. The van der Waals surface area contributed by atoms with Crippen molar-refractivity contribution in [3.05, 3.63) is 39.2 Å². The average molecular weight is 375 g/mol. The molecule has 0 saturated carbocycles. The minimum absolute atomic E-state index is 0.0760. The van der Waals surface area contributed by atoms with Crippen LogP contribution in [0.15, 0.2) is 21.3 Å². The second kappa shape index (κ2) is 8.54. The summed E-state index contributed by atoms with van der Waals surface area (Å²) in [4.78, 5) is 25.8. The molecule has 0 spiro atoms. The lowest BCUT2D eigenvalue weighted by atomic mass is 9.98. The molecule has 1 aromatic carbocycles. The van der Waals surface area contributed by atoms with Crippen molar-refractivity contribution in [2.45, 2.75) is 33.2 Å². The van der Waals surface area contributed by atoms with Crippen molar-refractivity contribution in [1.82, 2.24) is 4.90 Å². The first-order chi connectivity index (χ1) is 13.0. The molecule has 0 unspecified atom stereocenters. The molecule has 1 aliphatic heterocycles. The molecule has 0 atom stereocenters. The SMILES string of the molecule is CCOC(=O)CCc1cc2c(C)cc(=O)oc2c(CN2CCOCC2)c1O. The third kappa shape index (κ3) is 4.48. The van der Waals surface area contributed by atoms with Gasteiger partial charge in [-0.2, -0.15) is 0 Å². The number of hydrogen-bond acceptors (Lipinski definition) is 7. The van der Waals surface area contributed by atoms with Crippen LogP contribution in [0.2, 0.25) is 0 Å². The molecule has 3 rings (SSSR count). The van der Waals surface area contributed by atoms with Gasteiger partial charge in [0.2, 0.25) is 0 Å². The van der Waals surface area contributed by atoms with Crippen molar-refractivity contribution in [3.63, 3.8) is 0 Å². The van der Waals surface area contributed by atoms with Crippen molar-refractivity contribution in [2.75, 3.05) is 32.9 Å². The largest absolute Gasteiger partial charge is 0.507 e. The van der Waals surface area contributed by atoms with Crippen LogP contribution in [-0.4, -0.2) is 48.9 Å². The van der Waals surface area contributed by atoms with Crippen LogP contribution in [0.5, 0.6) is 5.75 Å². The molecule has 7 nitrogen and oxygen atoms in total. The number of benzene rings is 1. The minimum Gasteiger partial charge on any atom is -0.507 e. The van der Waals surface area contributed by atoms with Crippen molar-refractivity contribution in [2.24, 2.45) is 0 Å². The van der Waals surface area contributed by atoms with Crippen molar-refractivity contribution in [3.8, 4) is 5.75 Å². The molecule has 0 aliphatic carbocycles. The topological polar surface area (TPSA) is 89.2 Å². The molecule has 0 amide bonds. The van der Waals surface area contributed by atoms with Crippen LogP contribution in [0.1, 0.15) is 30.0 Å². The van der Waals surface area contributed by atoms with Crippen LogP contribution in [0.25, 0.3) is 11.0 Å². The fraction of sp³-hybridized carbons (Fsp3) is 0.500. The number of phenols is 1. The molecule has 2 aromatic rings. The van der Waals surface area contributed by atoms with Crippen LogP contribution in [-0.2, 0) is 27.2 Å². The smallest absolute Gasteiger partial charge is 0.336 e. The quantitative estimate of drug-likeness (QED) is 0.611. The minimum atomic E-state index is -0.443. The van der Waals surface area contributed by atoms with Crippen LogP contribution in [0, 0.1) is 6.92 Å². The van der Waals surface area contributed by atoms with E-state index >= 15 is 0 Å². The molecule has 0 radical (unpaired) electrons. The van der Waals surface area contributed by atoms with Gasteiger partial charge in [-0.05, 0) is 37.5 Å². The van der Waals surface area contributed by atoms with E-state index in [9.17, 15) is 14.7 Å². The maximum Gasteiger partial charge on any atom is 0.336 e. The first-order valence-corrected chi connectivity index (χ1v) is 9.23. The highest BCUT2D eigenvalue weighted by Gasteiger charge is 2.21. The van der Waals surface area contributed by atoms with Crippen LogP contribution >= 0.6 is 0 Å². The van der Waals surface area contributed by atoms with Crippen molar-refractivity contribution < 1.29 is 23.8 Å². The van der Waals surface area contributed by atoms with E-state index in [1.54, 1.807) is 13.0 Å². The number of rotatable bonds is 6. The number of fused-ring (bicyclic) bond motifs is 1. The average Bonchev–Trinajstić information content (AvgIpc) is 2.64. The Balaban J connectivity index is 2.01.